The Morgan fingerprint density at radius 2 is 2.54 bits per heavy atom. The zero-order chi connectivity index (χ0) is 9.26. The van der Waals surface area contributed by atoms with Crippen LogP contribution in [-0.4, -0.2) is 23.0 Å². The normalized spacial score (nSPS) is 23.3. The zero-order valence-corrected chi connectivity index (χ0v) is 7.86. The molecule has 1 fully saturated rings. The van der Waals surface area contributed by atoms with Crippen molar-refractivity contribution in [2.45, 2.75) is 18.8 Å². The van der Waals surface area contributed by atoms with Crippen molar-refractivity contribution in [2.75, 3.05) is 18.9 Å². The molecule has 0 spiro atoms. The Balaban J connectivity index is 2.14. The van der Waals surface area contributed by atoms with Gasteiger partial charge in [-0.05, 0) is 12.8 Å². The molecular formula is C9H15N3O. The molecule has 1 aromatic rings. The molecular weight excluding hydrogens is 166 g/mol. The Hall–Kier alpha value is -1.03. The number of aromatic nitrogens is 2. The second-order valence-electron chi connectivity index (χ2n) is 3.53. The highest BCUT2D eigenvalue weighted by Gasteiger charge is 2.18. The number of nitrogens with zero attached hydrogens (tertiary/aromatic N) is 2. The van der Waals surface area contributed by atoms with Crippen molar-refractivity contribution in [2.24, 2.45) is 7.05 Å². The summed E-state index contributed by atoms with van der Waals surface area (Å²) in [5.41, 5.74) is 6.78. The van der Waals surface area contributed by atoms with Crippen LogP contribution in [0.4, 0.5) is 5.82 Å². The van der Waals surface area contributed by atoms with Gasteiger partial charge in [0, 0.05) is 25.6 Å². The van der Waals surface area contributed by atoms with E-state index in [1.165, 1.54) is 0 Å². The molecule has 4 heteroatoms. The van der Waals surface area contributed by atoms with Gasteiger partial charge in [0.15, 0.2) is 0 Å². The van der Waals surface area contributed by atoms with E-state index in [0.717, 1.165) is 37.6 Å². The highest BCUT2D eigenvalue weighted by Crippen LogP contribution is 2.25. The van der Waals surface area contributed by atoms with Crippen molar-refractivity contribution < 1.29 is 4.74 Å². The molecule has 0 amide bonds. The number of anilines is 1. The van der Waals surface area contributed by atoms with E-state index in [2.05, 4.69) is 5.10 Å². The first-order valence-corrected chi connectivity index (χ1v) is 4.64. The van der Waals surface area contributed by atoms with E-state index < -0.39 is 0 Å². The van der Waals surface area contributed by atoms with E-state index in [1.807, 2.05) is 13.1 Å². The van der Waals surface area contributed by atoms with E-state index >= 15 is 0 Å². The first kappa shape index (κ1) is 8.56. The molecule has 2 rings (SSSR count). The number of hydrogen-bond acceptors (Lipinski definition) is 3. The van der Waals surface area contributed by atoms with Gasteiger partial charge in [-0.2, -0.15) is 5.10 Å². The third kappa shape index (κ3) is 1.67. The third-order valence-corrected chi connectivity index (χ3v) is 2.51. The summed E-state index contributed by atoms with van der Waals surface area (Å²) in [5.74, 6) is 1.16. The van der Waals surface area contributed by atoms with Crippen molar-refractivity contribution in [3.8, 4) is 0 Å². The van der Waals surface area contributed by atoms with E-state index in [-0.39, 0.29) is 0 Å². The molecule has 2 heterocycles. The number of rotatable bonds is 1. The third-order valence-electron chi connectivity index (χ3n) is 2.51. The molecule has 1 saturated heterocycles. The van der Waals surface area contributed by atoms with Gasteiger partial charge in [-0.15, -0.1) is 0 Å². The van der Waals surface area contributed by atoms with Gasteiger partial charge in [0.2, 0.25) is 0 Å². The second kappa shape index (κ2) is 3.38. The molecule has 1 unspecified atom stereocenters. The number of nitrogens with two attached hydrogens (primary N) is 1. The van der Waals surface area contributed by atoms with Crippen LogP contribution < -0.4 is 5.73 Å². The van der Waals surface area contributed by atoms with Gasteiger partial charge in [-0.3, -0.25) is 4.68 Å². The molecule has 2 N–H and O–H groups in total. The van der Waals surface area contributed by atoms with Gasteiger partial charge in [-0.1, -0.05) is 0 Å². The fourth-order valence-corrected chi connectivity index (χ4v) is 1.68. The van der Waals surface area contributed by atoms with E-state index in [4.69, 9.17) is 10.5 Å². The molecule has 0 aliphatic carbocycles. The Kier molecular flexibility index (Phi) is 2.22. The van der Waals surface area contributed by atoms with E-state index in [9.17, 15) is 0 Å². The summed E-state index contributed by atoms with van der Waals surface area (Å²) in [5, 5.41) is 4.35. The number of ether oxygens (including phenoxy) is 1. The summed E-state index contributed by atoms with van der Waals surface area (Å²) in [4.78, 5) is 0. The summed E-state index contributed by atoms with van der Waals surface area (Å²) >= 11 is 0. The molecule has 1 aliphatic rings. The van der Waals surface area contributed by atoms with Crippen LogP contribution in [0.25, 0.3) is 0 Å². The van der Waals surface area contributed by atoms with Crippen molar-refractivity contribution in [3.63, 3.8) is 0 Å². The molecule has 0 saturated carbocycles. The molecule has 1 aliphatic heterocycles. The second-order valence-corrected chi connectivity index (χ2v) is 3.53. The molecule has 0 radical (unpaired) electrons. The predicted molar refractivity (Wildman–Crippen MR) is 50.4 cm³/mol. The molecule has 0 aromatic carbocycles. The maximum Gasteiger partial charge on any atom is 0.121 e. The van der Waals surface area contributed by atoms with Gasteiger partial charge >= 0.3 is 0 Å². The van der Waals surface area contributed by atoms with Crippen LogP contribution >= 0.6 is 0 Å². The fourth-order valence-electron chi connectivity index (χ4n) is 1.68. The van der Waals surface area contributed by atoms with Crippen LogP contribution in [0.5, 0.6) is 0 Å². The summed E-state index contributed by atoms with van der Waals surface area (Å²) < 4.78 is 7.11. The monoisotopic (exact) mass is 181 g/mol. The topological polar surface area (TPSA) is 53.1 Å². The number of hydrogen-bond donors (Lipinski definition) is 1. The minimum Gasteiger partial charge on any atom is -0.384 e. The lowest BCUT2D eigenvalue weighted by molar-refractivity contribution is 0.0791. The fraction of sp³-hybridized carbons (Fsp3) is 0.667. The average molecular weight is 181 g/mol. The summed E-state index contributed by atoms with van der Waals surface area (Å²) in [7, 11) is 1.86. The van der Waals surface area contributed by atoms with Crippen molar-refractivity contribution >= 4 is 5.82 Å². The first-order valence-electron chi connectivity index (χ1n) is 4.64. The minimum absolute atomic E-state index is 0.442. The number of aryl methyl sites for hydroxylation is 1. The van der Waals surface area contributed by atoms with Crippen molar-refractivity contribution in [3.05, 3.63) is 11.8 Å². The van der Waals surface area contributed by atoms with E-state index in [0.29, 0.717) is 5.92 Å². The van der Waals surface area contributed by atoms with Crippen LogP contribution in [0.3, 0.4) is 0 Å². The highest BCUT2D eigenvalue weighted by atomic mass is 16.5. The maximum absolute atomic E-state index is 5.71. The highest BCUT2D eigenvalue weighted by molar-refractivity contribution is 5.32. The summed E-state index contributed by atoms with van der Waals surface area (Å²) in [6.07, 6.45) is 2.29. The average Bonchev–Trinajstić information content (AvgIpc) is 2.49. The number of nitrogen functional groups attached to an aromatic ring is 1. The largest absolute Gasteiger partial charge is 0.384 e. The lowest BCUT2D eigenvalue weighted by Crippen LogP contribution is -2.16. The van der Waals surface area contributed by atoms with Gasteiger partial charge in [0.05, 0.1) is 12.3 Å². The van der Waals surface area contributed by atoms with Gasteiger partial charge < -0.3 is 10.5 Å². The molecule has 1 aromatic heterocycles. The lowest BCUT2D eigenvalue weighted by atomic mass is 9.99. The van der Waals surface area contributed by atoms with Crippen LogP contribution in [0.15, 0.2) is 6.07 Å². The van der Waals surface area contributed by atoms with Gasteiger partial charge in [0.1, 0.15) is 5.82 Å². The predicted octanol–water partition coefficient (Wildman–Crippen LogP) is 0.896. The Morgan fingerprint density at radius 1 is 1.69 bits per heavy atom. The summed E-state index contributed by atoms with van der Waals surface area (Å²) in [6.45, 7) is 1.68. The molecule has 72 valence electrons. The summed E-state index contributed by atoms with van der Waals surface area (Å²) in [6, 6.07) is 1.94. The minimum atomic E-state index is 0.442. The van der Waals surface area contributed by atoms with Gasteiger partial charge in [0.25, 0.3) is 0 Å². The van der Waals surface area contributed by atoms with Crippen LogP contribution in [0, 0.1) is 0 Å². The van der Waals surface area contributed by atoms with E-state index in [1.54, 1.807) is 4.68 Å². The van der Waals surface area contributed by atoms with Crippen molar-refractivity contribution in [1.29, 1.82) is 0 Å². The standard InChI is InChI=1S/C9H15N3O/c1-12-9(10)5-8(11-12)7-3-2-4-13-6-7/h5,7H,2-4,6,10H2,1H3. The molecule has 4 nitrogen and oxygen atoms in total. The Bertz CT molecular complexity index is 270. The quantitative estimate of drug-likeness (QED) is 0.700. The van der Waals surface area contributed by atoms with Crippen LogP contribution in [-0.2, 0) is 11.8 Å². The molecule has 1 atom stereocenters. The SMILES string of the molecule is Cn1nc(C2CCCOC2)cc1N. The maximum atomic E-state index is 5.71. The van der Waals surface area contributed by atoms with Crippen LogP contribution in [0.1, 0.15) is 24.5 Å². The first-order chi connectivity index (χ1) is 6.27. The van der Waals surface area contributed by atoms with Crippen LogP contribution in [0.2, 0.25) is 0 Å². The molecule has 0 bridgehead atoms. The Labute approximate surface area is 77.7 Å². The van der Waals surface area contributed by atoms with Gasteiger partial charge in [-0.25, -0.2) is 0 Å². The lowest BCUT2D eigenvalue weighted by Gasteiger charge is -2.19. The Morgan fingerprint density at radius 3 is 3.08 bits per heavy atom. The van der Waals surface area contributed by atoms with Crippen molar-refractivity contribution in [1.82, 2.24) is 9.78 Å². The molecule has 13 heavy (non-hydrogen) atoms. The zero-order valence-electron chi connectivity index (χ0n) is 7.86. The smallest absolute Gasteiger partial charge is 0.121 e.